The van der Waals surface area contributed by atoms with E-state index in [0.717, 1.165) is 5.76 Å². The highest BCUT2D eigenvalue weighted by molar-refractivity contribution is 9.10. The number of halogens is 2. The first-order valence-corrected chi connectivity index (χ1v) is 7.21. The molecule has 21 heavy (non-hydrogen) atoms. The molecule has 0 aliphatic carbocycles. The Bertz CT molecular complexity index is 614. The largest absolute Gasteiger partial charge is 0.468 e. The summed E-state index contributed by atoms with van der Waals surface area (Å²) in [5.41, 5.74) is 0.0151. The maximum Gasteiger partial charge on any atom is 0.254 e. The van der Waals surface area contributed by atoms with Crippen LogP contribution in [-0.4, -0.2) is 31.4 Å². The molecule has 0 spiro atoms. The second-order valence-electron chi connectivity index (χ2n) is 4.83. The van der Waals surface area contributed by atoms with E-state index in [4.69, 9.17) is 4.42 Å². The van der Waals surface area contributed by atoms with Gasteiger partial charge in [0, 0.05) is 11.0 Å². The predicted molar refractivity (Wildman–Crippen MR) is 81.6 cm³/mol. The molecule has 4 nitrogen and oxygen atoms in total. The first kappa shape index (κ1) is 15.7. The third-order valence-electron chi connectivity index (χ3n) is 3.12. The molecule has 0 aliphatic heterocycles. The number of hydrogen-bond donors (Lipinski definition) is 1. The van der Waals surface area contributed by atoms with Gasteiger partial charge in [0.2, 0.25) is 0 Å². The van der Waals surface area contributed by atoms with E-state index in [9.17, 15) is 9.18 Å². The maximum absolute atomic E-state index is 13.7. The van der Waals surface area contributed by atoms with Gasteiger partial charge in [-0.05, 0) is 44.4 Å². The van der Waals surface area contributed by atoms with E-state index < -0.39 is 11.7 Å². The average Bonchev–Trinajstić information content (AvgIpc) is 2.95. The van der Waals surface area contributed by atoms with Gasteiger partial charge in [-0.1, -0.05) is 15.9 Å². The fourth-order valence-corrected chi connectivity index (χ4v) is 2.34. The van der Waals surface area contributed by atoms with Crippen LogP contribution < -0.4 is 5.32 Å². The summed E-state index contributed by atoms with van der Waals surface area (Å²) in [6.07, 6.45) is 1.58. The molecule has 1 heterocycles. The first-order valence-electron chi connectivity index (χ1n) is 6.42. The second-order valence-corrected chi connectivity index (χ2v) is 5.74. The standard InChI is InChI=1S/C15H16BrFN2O2/c1-19(2)13(14-4-3-7-21-14)9-18-15(20)11-8-10(16)5-6-12(11)17/h3-8,13H,9H2,1-2H3,(H,18,20)/t13-/m1/s1. The molecular weight excluding hydrogens is 339 g/mol. The van der Waals surface area contributed by atoms with E-state index >= 15 is 0 Å². The van der Waals surface area contributed by atoms with Crippen LogP contribution in [0.4, 0.5) is 4.39 Å². The number of hydrogen-bond acceptors (Lipinski definition) is 3. The molecule has 112 valence electrons. The Hall–Kier alpha value is -1.66. The molecule has 6 heteroatoms. The Balaban J connectivity index is 2.07. The van der Waals surface area contributed by atoms with Crippen LogP contribution in [-0.2, 0) is 0 Å². The van der Waals surface area contributed by atoms with Crippen molar-refractivity contribution in [3.05, 3.63) is 58.2 Å². The Morgan fingerprint density at radius 3 is 2.81 bits per heavy atom. The van der Waals surface area contributed by atoms with Crippen LogP contribution in [0.5, 0.6) is 0 Å². The van der Waals surface area contributed by atoms with E-state index in [1.165, 1.54) is 12.1 Å². The fraction of sp³-hybridized carbons (Fsp3) is 0.267. The van der Waals surface area contributed by atoms with Crippen LogP contribution >= 0.6 is 15.9 Å². The predicted octanol–water partition coefficient (Wildman–Crippen LogP) is 3.21. The highest BCUT2D eigenvalue weighted by Gasteiger charge is 2.19. The van der Waals surface area contributed by atoms with Crippen molar-refractivity contribution in [3.63, 3.8) is 0 Å². The van der Waals surface area contributed by atoms with Crippen LogP contribution in [0.1, 0.15) is 22.2 Å². The summed E-state index contributed by atoms with van der Waals surface area (Å²) in [6.45, 7) is 0.325. The van der Waals surface area contributed by atoms with Gasteiger partial charge in [-0.3, -0.25) is 9.69 Å². The number of nitrogens with zero attached hydrogens (tertiary/aromatic N) is 1. The second kappa shape index (κ2) is 6.87. The molecule has 1 aromatic heterocycles. The number of carbonyl (C=O) groups is 1. The maximum atomic E-state index is 13.7. The molecule has 0 radical (unpaired) electrons. The zero-order chi connectivity index (χ0) is 15.4. The molecule has 2 rings (SSSR count). The van der Waals surface area contributed by atoms with Crippen LogP contribution in [0.25, 0.3) is 0 Å². The molecule has 0 saturated heterocycles. The number of benzene rings is 1. The van der Waals surface area contributed by atoms with Gasteiger partial charge >= 0.3 is 0 Å². The van der Waals surface area contributed by atoms with Crippen molar-refractivity contribution in [1.82, 2.24) is 10.2 Å². The third kappa shape index (κ3) is 3.92. The van der Waals surface area contributed by atoms with Crippen LogP contribution in [0.3, 0.4) is 0 Å². The topological polar surface area (TPSA) is 45.5 Å². The van der Waals surface area contributed by atoms with Crippen molar-refractivity contribution in [2.24, 2.45) is 0 Å². The number of furan rings is 1. The smallest absolute Gasteiger partial charge is 0.254 e. The Morgan fingerprint density at radius 1 is 1.43 bits per heavy atom. The Kier molecular flexibility index (Phi) is 5.14. The summed E-state index contributed by atoms with van der Waals surface area (Å²) in [4.78, 5) is 14.0. The lowest BCUT2D eigenvalue weighted by atomic mass is 10.1. The van der Waals surface area contributed by atoms with E-state index in [1.54, 1.807) is 18.4 Å². The molecule has 0 unspecified atom stereocenters. The normalized spacial score (nSPS) is 12.4. The minimum atomic E-state index is -0.546. The Morgan fingerprint density at radius 2 is 2.19 bits per heavy atom. The molecule has 1 atom stereocenters. The van der Waals surface area contributed by atoms with Crippen molar-refractivity contribution in [3.8, 4) is 0 Å². The summed E-state index contributed by atoms with van der Waals surface area (Å²) in [5, 5.41) is 2.74. The molecule has 2 aromatic rings. The molecule has 0 aliphatic rings. The molecule has 0 fully saturated rings. The number of carbonyl (C=O) groups excluding carboxylic acids is 1. The van der Waals surface area contributed by atoms with Gasteiger partial charge < -0.3 is 9.73 Å². The lowest BCUT2D eigenvalue weighted by Gasteiger charge is -2.22. The number of rotatable bonds is 5. The zero-order valence-corrected chi connectivity index (χ0v) is 13.4. The van der Waals surface area contributed by atoms with Gasteiger partial charge in [0.15, 0.2) is 0 Å². The van der Waals surface area contributed by atoms with Gasteiger partial charge in [0.1, 0.15) is 11.6 Å². The average molecular weight is 355 g/mol. The third-order valence-corrected chi connectivity index (χ3v) is 3.62. The highest BCUT2D eigenvalue weighted by atomic mass is 79.9. The molecule has 1 amide bonds. The van der Waals surface area contributed by atoms with E-state index in [0.29, 0.717) is 11.0 Å². The number of nitrogens with one attached hydrogen (secondary N) is 1. The molecule has 1 N–H and O–H groups in total. The molecule has 0 bridgehead atoms. The van der Waals surface area contributed by atoms with Gasteiger partial charge in [-0.2, -0.15) is 0 Å². The molecule has 1 aromatic carbocycles. The summed E-state index contributed by atoms with van der Waals surface area (Å²) in [6, 6.07) is 7.80. The zero-order valence-electron chi connectivity index (χ0n) is 11.8. The van der Waals surface area contributed by atoms with Crippen LogP contribution in [0.15, 0.2) is 45.5 Å². The van der Waals surface area contributed by atoms with Crippen molar-refractivity contribution in [2.45, 2.75) is 6.04 Å². The molecule has 0 saturated carbocycles. The quantitative estimate of drug-likeness (QED) is 0.896. The van der Waals surface area contributed by atoms with Crippen molar-refractivity contribution in [1.29, 1.82) is 0 Å². The number of likely N-dealkylation sites (N-methyl/N-ethyl adjacent to an activating group) is 1. The minimum Gasteiger partial charge on any atom is -0.468 e. The van der Waals surface area contributed by atoms with Crippen LogP contribution in [0.2, 0.25) is 0 Å². The van der Waals surface area contributed by atoms with E-state index in [-0.39, 0.29) is 11.6 Å². The van der Waals surface area contributed by atoms with Crippen molar-refractivity contribution >= 4 is 21.8 Å². The monoisotopic (exact) mass is 354 g/mol. The lowest BCUT2D eigenvalue weighted by molar-refractivity contribution is 0.0935. The summed E-state index contributed by atoms with van der Waals surface area (Å²) in [5.74, 6) is -0.252. The summed E-state index contributed by atoms with van der Waals surface area (Å²) < 4.78 is 19.7. The summed E-state index contributed by atoms with van der Waals surface area (Å²) in [7, 11) is 3.78. The fourth-order valence-electron chi connectivity index (χ4n) is 1.97. The minimum absolute atomic E-state index is 0.0151. The number of amides is 1. The van der Waals surface area contributed by atoms with Crippen molar-refractivity contribution < 1.29 is 13.6 Å². The van der Waals surface area contributed by atoms with Gasteiger partial charge in [-0.15, -0.1) is 0 Å². The SMILES string of the molecule is CN(C)[C@H](CNC(=O)c1cc(Br)ccc1F)c1ccco1. The highest BCUT2D eigenvalue weighted by Crippen LogP contribution is 2.19. The van der Waals surface area contributed by atoms with E-state index in [2.05, 4.69) is 21.2 Å². The Labute approximate surface area is 131 Å². The summed E-state index contributed by atoms with van der Waals surface area (Å²) >= 11 is 3.23. The molecular formula is C15H16BrFN2O2. The van der Waals surface area contributed by atoms with Gasteiger partial charge in [0.25, 0.3) is 5.91 Å². The lowest BCUT2D eigenvalue weighted by Crippen LogP contribution is -2.34. The van der Waals surface area contributed by atoms with Gasteiger partial charge in [0.05, 0.1) is 17.9 Å². The van der Waals surface area contributed by atoms with Gasteiger partial charge in [-0.25, -0.2) is 4.39 Å². The van der Waals surface area contributed by atoms with Crippen LogP contribution in [0, 0.1) is 5.82 Å². The van der Waals surface area contributed by atoms with Crippen molar-refractivity contribution in [2.75, 3.05) is 20.6 Å². The first-order chi connectivity index (χ1) is 9.99. The van der Waals surface area contributed by atoms with E-state index in [1.807, 2.05) is 25.1 Å².